The first-order valence-corrected chi connectivity index (χ1v) is 5.64. The topological polar surface area (TPSA) is 75.4 Å². The third kappa shape index (κ3) is 5.70. The zero-order valence-electron chi connectivity index (χ0n) is 10.6. The van der Waals surface area contributed by atoms with E-state index in [-0.39, 0.29) is 24.4 Å². The smallest absolute Gasteiger partial charge is 0.234 e. The number of primary amides is 1. The second-order valence-corrected chi connectivity index (χ2v) is 4.44. The van der Waals surface area contributed by atoms with Crippen molar-refractivity contribution in [2.24, 2.45) is 11.7 Å². The normalized spacial score (nSPS) is 12.9. The molecule has 0 saturated heterocycles. The molecule has 0 heterocycles. The van der Waals surface area contributed by atoms with E-state index in [1.807, 2.05) is 20.8 Å². The summed E-state index contributed by atoms with van der Waals surface area (Å²) in [6.45, 7) is 6.79. The predicted octanol–water partition coefficient (Wildman–Crippen LogP) is -0.0457. The standard InChI is InChI=1S/C11H23N3O2/c1-5-9(11(12)16)14(4)7-10(15)13-6-8(2)3/h8-9H,5-7H2,1-4H3,(H2,12,16)(H,13,15). The van der Waals surface area contributed by atoms with Crippen molar-refractivity contribution in [1.29, 1.82) is 0 Å². The van der Waals surface area contributed by atoms with E-state index in [2.05, 4.69) is 5.32 Å². The van der Waals surface area contributed by atoms with Gasteiger partial charge in [-0.25, -0.2) is 0 Å². The van der Waals surface area contributed by atoms with E-state index in [1.165, 1.54) is 0 Å². The Balaban J connectivity index is 4.06. The van der Waals surface area contributed by atoms with Gasteiger partial charge in [-0.05, 0) is 19.4 Å². The van der Waals surface area contributed by atoms with Crippen LogP contribution in [0.1, 0.15) is 27.2 Å². The number of hydrogen-bond acceptors (Lipinski definition) is 3. The van der Waals surface area contributed by atoms with Gasteiger partial charge in [0, 0.05) is 6.54 Å². The quantitative estimate of drug-likeness (QED) is 0.643. The lowest BCUT2D eigenvalue weighted by Gasteiger charge is -2.23. The summed E-state index contributed by atoms with van der Waals surface area (Å²) >= 11 is 0. The van der Waals surface area contributed by atoms with E-state index < -0.39 is 0 Å². The fraction of sp³-hybridized carbons (Fsp3) is 0.818. The van der Waals surface area contributed by atoms with E-state index in [9.17, 15) is 9.59 Å². The molecule has 94 valence electrons. The zero-order chi connectivity index (χ0) is 12.7. The van der Waals surface area contributed by atoms with Gasteiger partial charge in [-0.15, -0.1) is 0 Å². The first-order chi connectivity index (χ1) is 7.38. The van der Waals surface area contributed by atoms with E-state index >= 15 is 0 Å². The Hall–Kier alpha value is -1.10. The second-order valence-electron chi connectivity index (χ2n) is 4.44. The van der Waals surface area contributed by atoms with Crippen molar-refractivity contribution in [3.8, 4) is 0 Å². The third-order valence-electron chi connectivity index (χ3n) is 2.35. The molecule has 0 saturated carbocycles. The molecule has 0 fully saturated rings. The number of carbonyl (C=O) groups is 2. The van der Waals surface area contributed by atoms with Gasteiger partial charge in [0.1, 0.15) is 0 Å². The molecule has 0 radical (unpaired) electrons. The van der Waals surface area contributed by atoms with Crippen LogP contribution in [0.2, 0.25) is 0 Å². The summed E-state index contributed by atoms with van der Waals surface area (Å²) < 4.78 is 0. The number of likely N-dealkylation sites (N-methyl/N-ethyl adjacent to an activating group) is 1. The molecule has 0 rings (SSSR count). The highest BCUT2D eigenvalue weighted by Crippen LogP contribution is 2.00. The lowest BCUT2D eigenvalue weighted by molar-refractivity contribution is -0.126. The molecule has 0 aromatic heterocycles. The summed E-state index contributed by atoms with van der Waals surface area (Å²) in [5, 5.41) is 2.80. The van der Waals surface area contributed by atoms with Gasteiger partial charge in [0.05, 0.1) is 12.6 Å². The summed E-state index contributed by atoms with van der Waals surface area (Å²) in [6, 6.07) is -0.371. The maximum absolute atomic E-state index is 11.5. The zero-order valence-corrected chi connectivity index (χ0v) is 10.6. The molecule has 0 aliphatic rings. The van der Waals surface area contributed by atoms with Crippen molar-refractivity contribution < 1.29 is 9.59 Å². The van der Waals surface area contributed by atoms with Crippen LogP contribution in [-0.4, -0.2) is 42.9 Å². The number of amides is 2. The number of rotatable bonds is 7. The van der Waals surface area contributed by atoms with Crippen molar-refractivity contribution in [3.05, 3.63) is 0 Å². The molecule has 5 nitrogen and oxygen atoms in total. The van der Waals surface area contributed by atoms with Crippen LogP contribution in [0.15, 0.2) is 0 Å². The van der Waals surface area contributed by atoms with Gasteiger partial charge in [-0.2, -0.15) is 0 Å². The van der Waals surface area contributed by atoms with Gasteiger partial charge in [0.25, 0.3) is 0 Å². The van der Waals surface area contributed by atoms with Crippen LogP contribution >= 0.6 is 0 Å². The first kappa shape index (κ1) is 14.9. The molecule has 5 heteroatoms. The number of hydrogen-bond donors (Lipinski definition) is 2. The Morgan fingerprint density at radius 3 is 2.31 bits per heavy atom. The molecule has 0 aliphatic carbocycles. The van der Waals surface area contributed by atoms with Crippen molar-refractivity contribution in [2.75, 3.05) is 20.1 Å². The van der Waals surface area contributed by atoms with E-state index in [0.29, 0.717) is 18.9 Å². The SMILES string of the molecule is CCC(C(N)=O)N(C)CC(=O)NCC(C)C. The molecule has 0 aliphatic heterocycles. The number of nitrogens with two attached hydrogens (primary N) is 1. The van der Waals surface area contributed by atoms with Gasteiger partial charge in [-0.3, -0.25) is 14.5 Å². The average molecular weight is 229 g/mol. The van der Waals surface area contributed by atoms with Gasteiger partial charge in [0.2, 0.25) is 11.8 Å². The Morgan fingerprint density at radius 2 is 1.94 bits per heavy atom. The van der Waals surface area contributed by atoms with Crippen LogP contribution < -0.4 is 11.1 Å². The minimum atomic E-state index is -0.387. The average Bonchev–Trinajstić information content (AvgIpc) is 2.15. The van der Waals surface area contributed by atoms with Crippen molar-refractivity contribution in [1.82, 2.24) is 10.2 Å². The molecule has 0 bridgehead atoms. The van der Waals surface area contributed by atoms with Gasteiger partial charge < -0.3 is 11.1 Å². The van der Waals surface area contributed by atoms with Crippen LogP contribution in [0.5, 0.6) is 0 Å². The monoisotopic (exact) mass is 229 g/mol. The Bertz CT molecular complexity index is 241. The fourth-order valence-electron chi connectivity index (χ4n) is 1.44. The molecule has 3 N–H and O–H groups in total. The van der Waals surface area contributed by atoms with Crippen LogP contribution in [0.3, 0.4) is 0 Å². The van der Waals surface area contributed by atoms with Gasteiger partial charge in [-0.1, -0.05) is 20.8 Å². The van der Waals surface area contributed by atoms with Crippen LogP contribution in [0, 0.1) is 5.92 Å². The largest absolute Gasteiger partial charge is 0.368 e. The Kier molecular flexibility index (Phi) is 6.72. The third-order valence-corrected chi connectivity index (χ3v) is 2.35. The summed E-state index contributed by atoms with van der Waals surface area (Å²) in [4.78, 5) is 24.2. The molecule has 0 aromatic rings. The highest BCUT2D eigenvalue weighted by molar-refractivity contribution is 5.82. The molecular weight excluding hydrogens is 206 g/mol. The Labute approximate surface area is 97.4 Å². The van der Waals surface area contributed by atoms with Crippen LogP contribution in [0.25, 0.3) is 0 Å². The first-order valence-electron chi connectivity index (χ1n) is 5.64. The lowest BCUT2D eigenvalue weighted by atomic mass is 10.2. The summed E-state index contributed by atoms with van der Waals surface area (Å²) in [5.41, 5.74) is 5.23. The van der Waals surface area contributed by atoms with Crippen molar-refractivity contribution in [3.63, 3.8) is 0 Å². The minimum absolute atomic E-state index is 0.0732. The molecule has 16 heavy (non-hydrogen) atoms. The molecule has 0 aromatic carbocycles. The fourth-order valence-corrected chi connectivity index (χ4v) is 1.44. The lowest BCUT2D eigenvalue weighted by Crippen LogP contribution is -2.46. The van der Waals surface area contributed by atoms with Crippen LogP contribution in [-0.2, 0) is 9.59 Å². The highest BCUT2D eigenvalue weighted by Gasteiger charge is 2.20. The summed E-state index contributed by atoms with van der Waals surface area (Å²) in [5.74, 6) is -0.0371. The van der Waals surface area contributed by atoms with E-state index in [1.54, 1.807) is 11.9 Å². The maximum Gasteiger partial charge on any atom is 0.234 e. The maximum atomic E-state index is 11.5. The van der Waals surface area contributed by atoms with E-state index in [0.717, 1.165) is 0 Å². The predicted molar refractivity (Wildman–Crippen MR) is 63.8 cm³/mol. The van der Waals surface area contributed by atoms with E-state index in [4.69, 9.17) is 5.73 Å². The second kappa shape index (κ2) is 7.22. The molecule has 0 spiro atoms. The molecule has 1 atom stereocenters. The molecule has 1 unspecified atom stereocenters. The number of nitrogens with one attached hydrogen (secondary N) is 1. The summed E-state index contributed by atoms with van der Waals surface area (Å²) in [6.07, 6.45) is 0.614. The molecular formula is C11H23N3O2. The summed E-state index contributed by atoms with van der Waals surface area (Å²) in [7, 11) is 1.73. The molecule has 2 amide bonds. The number of carbonyl (C=O) groups excluding carboxylic acids is 2. The Morgan fingerprint density at radius 1 is 1.38 bits per heavy atom. The van der Waals surface area contributed by atoms with Crippen molar-refractivity contribution >= 4 is 11.8 Å². The van der Waals surface area contributed by atoms with Gasteiger partial charge >= 0.3 is 0 Å². The van der Waals surface area contributed by atoms with Crippen molar-refractivity contribution in [2.45, 2.75) is 33.2 Å². The van der Waals surface area contributed by atoms with Crippen LogP contribution in [0.4, 0.5) is 0 Å². The van der Waals surface area contributed by atoms with Gasteiger partial charge in [0.15, 0.2) is 0 Å². The highest BCUT2D eigenvalue weighted by atomic mass is 16.2. The minimum Gasteiger partial charge on any atom is -0.368 e. The number of nitrogens with zero attached hydrogens (tertiary/aromatic N) is 1.